The number of ether oxygens (including phenoxy) is 1. The zero-order valence-electron chi connectivity index (χ0n) is 13.2. The van der Waals surface area contributed by atoms with E-state index in [-0.39, 0.29) is 0 Å². The predicted molar refractivity (Wildman–Crippen MR) is 80.4 cm³/mol. The molecule has 1 saturated carbocycles. The fourth-order valence-corrected chi connectivity index (χ4v) is 3.22. The first kappa shape index (κ1) is 15.3. The molecule has 0 spiro atoms. The summed E-state index contributed by atoms with van der Waals surface area (Å²) in [6.45, 7) is 14.4. The number of piperazine rings is 1. The third-order valence-electron chi connectivity index (χ3n) is 4.82. The molecule has 1 aliphatic carbocycles. The summed E-state index contributed by atoms with van der Waals surface area (Å²) in [7, 11) is 0. The lowest BCUT2D eigenvalue weighted by atomic mass is 9.89. The Labute approximate surface area is 119 Å². The molecule has 2 unspecified atom stereocenters. The van der Waals surface area contributed by atoms with Gasteiger partial charge in [-0.25, -0.2) is 0 Å². The van der Waals surface area contributed by atoms with E-state index in [0.29, 0.717) is 17.5 Å². The summed E-state index contributed by atoms with van der Waals surface area (Å²) in [6, 6.07) is 0.664. The predicted octanol–water partition coefficient (Wildman–Crippen LogP) is 2.51. The van der Waals surface area contributed by atoms with E-state index in [1.165, 1.54) is 25.8 Å². The summed E-state index contributed by atoms with van der Waals surface area (Å²) >= 11 is 0. The standard InChI is InChI=1S/C16H32N2O/c1-5-15-10-18(8-9-19-11-13(2)3)16(4,12-17-15)14-6-7-14/h13-15,17H,5-12H2,1-4H3. The van der Waals surface area contributed by atoms with E-state index in [9.17, 15) is 0 Å². The molecule has 0 radical (unpaired) electrons. The van der Waals surface area contributed by atoms with Gasteiger partial charge in [-0.3, -0.25) is 4.90 Å². The monoisotopic (exact) mass is 268 g/mol. The van der Waals surface area contributed by atoms with Crippen molar-refractivity contribution in [2.75, 3.05) is 32.8 Å². The summed E-state index contributed by atoms with van der Waals surface area (Å²) in [4.78, 5) is 2.70. The summed E-state index contributed by atoms with van der Waals surface area (Å²) in [5, 5.41) is 3.74. The van der Waals surface area contributed by atoms with Crippen molar-refractivity contribution >= 4 is 0 Å². The van der Waals surface area contributed by atoms with E-state index in [1.54, 1.807) is 0 Å². The molecule has 1 heterocycles. The van der Waals surface area contributed by atoms with Gasteiger partial charge in [0.1, 0.15) is 0 Å². The van der Waals surface area contributed by atoms with Crippen molar-refractivity contribution in [3.8, 4) is 0 Å². The van der Waals surface area contributed by atoms with Crippen LogP contribution in [0, 0.1) is 11.8 Å². The van der Waals surface area contributed by atoms with Crippen LogP contribution in [-0.2, 0) is 4.74 Å². The van der Waals surface area contributed by atoms with Crippen LogP contribution in [0.5, 0.6) is 0 Å². The number of nitrogens with one attached hydrogen (secondary N) is 1. The third-order valence-corrected chi connectivity index (χ3v) is 4.82. The molecule has 1 saturated heterocycles. The SMILES string of the molecule is CCC1CN(CCOCC(C)C)C(C)(C2CC2)CN1. The number of hydrogen-bond acceptors (Lipinski definition) is 3. The minimum absolute atomic E-state index is 0.368. The summed E-state index contributed by atoms with van der Waals surface area (Å²) in [5.74, 6) is 1.55. The zero-order valence-corrected chi connectivity index (χ0v) is 13.2. The minimum Gasteiger partial charge on any atom is -0.380 e. The highest BCUT2D eigenvalue weighted by atomic mass is 16.5. The molecule has 0 bridgehead atoms. The Bertz CT molecular complexity index is 278. The average molecular weight is 268 g/mol. The Morgan fingerprint density at radius 3 is 2.68 bits per heavy atom. The number of nitrogens with zero attached hydrogens (tertiary/aromatic N) is 1. The molecule has 2 atom stereocenters. The lowest BCUT2D eigenvalue weighted by Crippen LogP contribution is -2.64. The molecule has 0 amide bonds. The van der Waals surface area contributed by atoms with Crippen molar-refractivity contribution in [3.05, 3.63) is 0 Å². The maximum absolute atomic E-state index is 5.80. The first-order chi connectivity index (χ1) is 9.06. The Balaban J connectivity index is 1.84. The van der Waals surface area contributed by atoms with Crippen LogP contribution in [0.4, 0.5) is 0 Å². The van der Waals surface area contributed by atoms with Crippen molar-refractivity contribution < 1.29 is 4.74 Å². The van der Waals surface area contributed by atoms with Crippen LogP contribution in [0.2, 0.25) is 0 Å². The molecule has 1 aliphatic heterocycles. The Hall–Kier alpha value is -0.120. The van der Waals surface area contributed by atoms with Crippen molar-refractivity contribution in [3.63, 3.8) is 0 Å². The quantitative estimate of drug-likeness (QED) is 0.718. The van der Waals surface area contributed by atoms with Gasteiger partial charge in [0.25, 0.3) is 0 Å². The average Bonchev–Trinajstić information content (AvgIpc) is 3.21. The highest BCUT2D eigenvalue weighted by Crippen LogP contribution is 2.43. The lowest BCUT2D eigenvalue weighted by Gasteiger charge is -2.48. The molecule has 19 heavy (non-hydrogen) atoms. The van der Waals surface area contributed by atoms with Crippen LogP contribution in [-0.4, -0.2) is 49.3 Å². The van der Waals surface area contributed by atoms with Gasteiger partial charge in [0.05, 0.1) is 6.61 Å². The second kappa shape index (κ2) is 6.55. The molecule has 2 fully saturated rings. The second-order valence-corrected chi connectivity index (χ2v) is 7.03. The number of hydrogen-bond donors (Lipinski definition) is 1. The first-order valence-electron chi connectivity index (χ1n) is 8.12. The van der Waals surface area contributed by atoms with E-state index in [0.717, 1.165) is 32.2 Å². The molecule has 2 rings (SSSR count). The molecule has 1 N–H and O–H groups in total. The topological polar surface area (TPSA) is 24.5 Å². The van der Waals surface area contributed by atoms with E-state index >= 15 is 0 Å². The highest BCUT2D eigenvalue weighted by Gasteiger charge is 2.47. The van der Waals surface area contributed by atoms with E-state index in [2.05, 4.69) is 37.9 Å². The molecule has 0 aromatic rings. The van der Waals surface area contributed by atoms with Gasteiger partial charge in [0.15, 0.2) is 0 Å². The van der Waals surface area contributed by atoms with Crippen molar-refractivity contribution in [1.82, 2.24) is 10.2 Å². The largest absolute Gasteiger partial charge is 0.380 e. The van der Waals surface area contributed by atoms with E-state index < -0.39 is 0 Å². The van der Waals surface area contributed by atoms with Gasteiger partial charge in [0.2, 0.25) is 0 Å². The van der Waals surface area contributed by atoms with Gasteiger partial charge in [-0.15, -0.1) is 0 Å². The molecule has 0 aromatic heterocycles. The van der Waals surface area contributed by atoms with Crippen LogP contribution in [0.3, 0.4) is 0 Å². The molecule has 3 nitrogen and oxygen atoms in total. The van der Waals surface area contributed by atoms with Crippen LogP contribution < -0.4 is 5.32 Å². The van der Waals surface area contributed by atoms with Crippen LogP contribution in [0.25, 0.3) is 0 Å². The van der Waals surface area contributed by atoms with Gasteiger partial charge >= 0.3 is 0 Å². The lowest BCUT2D eigenvalue weighted by molar-refractivity contribution is 0.00271. The smallest absolute Gasteiger partial charge is 0.0593 e. The van der Waals surface area contributed by atoms with E-state index in [1.807, 2.05) is 0 Å². The Morgan fingerprint density at radius 2 is 2.11 bits per heavy atom. The molecular formula is C16H32N2O. The van der Waals surface area contributed by atoms with Crippen LogP contribution >= 0.6 is 0 Å². The van der Waals surface area contributed by atoms with Gasteiger partial charge in [-0.1, -0.05) is 20.8 Å². The Kier molecular flexibility index (Phi) is 5.27. The fraction of sp³-hybridized carbons (Fsp3) is 1.00. The normalized spacial score (nSPS) is 33.0. The number of rotatable bonds is 7. The molecule has 0 aromatic carbocycles. The van der Waals surface area contributed by atoms with Gasteiger partial charge < -0.3 is 10.1 Å². The van der Waals surface area contributed by atoms with Crippen molar-refractivity contribution in [1.29, 1.82) is 0 Å². The van der Waals surface area contributed by atoms with Gasteiger partial charge in [-0.2, -0.15) is 0 Å². The second-order valence-electron chi connectivity index (χ2n) is 7.03. The van der Waals surface area contributed by atoms with E-state index in [4.69, 9.17) is 4.74 Å². The first-order valence-corrected chi connectivity index (χ1v) is 8.12. The Morgan fingerprint density at radius 1 is 1.37 bits per heavy atom. The fourth-order valence-electron chi connectivity index (χ4n) is 3.22. The highest BCUT2D eigenvalue weighted by molar-refractivity contribution is 5.04. The summed E-state index contributed by atoms with van der Waals surface area (Å²) in [5.41, 5.74) is 0.368. The maximum atomic E-state index is 5.80. The summed E-state index contributed by atoms with van der Waals surface area (Å²) in [6.07, 6.45) is 4.06. The summed E-state index contributed by atoms with van der Waals surface area (Å²) < 4.78 is 5.80. The molecule has 112 valence electrons. The zero-order chi connectivity index (χ0) is 13.9. The van der Waals surface area contributed by atoms with Crippen molar-refractivity contribution in [2.45, 2.75) is 58.5 Å². The third kappa shape index (κ3) is 3.93. The van der Waals surface area contributed by atoms with Gasteiger partial charge in [0, 0.05) is 37.8 Å². The molecular weight excluding hydrogens is 236 g/mol. The molecule has 2 aliphatic rings. The van der Waals surface area contributed by atoms with Gasteiger partial charge in [-0.05, 0) is 38.0 Å². The van der Waals surface area contributed by atoms with Crippen LogP contribution in [0.1, 0.15) is 47.0 Å². The molecule has 3 heteroatoms. The maximum Gasteiger partial charge on any atom is 0.0593 e. The van der Waals surface area contributed by atoms with Crippen molar-refractivity contribution in [2.24, 2.45) is 11.8 Å². The minimum atomic E-state index is 0.368. The van der Waals surface area contributed by atoms with Crippen LogP contribution in [0.15, 0.2) is 0 Å².